The Kier molecular flexibility index (Phi) is 4.59. The number of azide groups is 1. The van der Waals surface area contributed by atoms with Gasteiger partial charge in [-0.3, -0.25) is 4.90 Å². The molecular weight excluding hydrogens is 228 g/mol. The predicted molar refractivity (Wildman–Crippen MR) is 57.1 cm³/mol. The molecule has 17 heavy (non-hydrogen) atoms. The van der Waals surface area contributed by atoms with Crippen LogP contribution in [0.15, 0.2) is 5.11 Å². The van der Waals surface area contributed by atoms with Crippen LogP contribution < -0.4 is 0 Å². The summed E-state index contributed by atoms with van der Waals surface area (Å²) in [5, 5.41) is 3.55. The molecule has 0 aromatic rings. The van der Waals surface area contributed by atoms with Crippen LogP contribution in [-0.4, -0.2) is 49.8 Å². The van der Waals surface area contributed by atoms with E-state index in [0.717, 1.165) is 0 Å². The number of carbonyl (C=O) groups excluding carboxylic acids is 2. The van der Waals surface area contributed by atoms with Gasteiger partial charge in [0.2, 0.25) is 0 Å². The molecule has 0 N–H and O–H groups in total. The van der Waals surface area contributed by atoms with E-state index in [1.165, 1.54) is 19.1 Å². The first-order valence-corrected chi connectivity index (χ1v) is 5.10. The minimum atomic E-state index is -0.669. The van der Waals surface area contributed by atoms with Crippen molar-refractivity contribution in [3.05, 3.63) is 10.4 Å². The van der Waals surface area contributed by atoms with Gasteiger partial charge in [-0.05, 0) is 18.4 Å². The van der Waals surface area contributed by atoms with E-state index in [1.807, 2.05) is 0 Å². The third-order valence-electron chi connectivity index (χ3n) is 2.65. The van der Waals surface area contributed by atoms with Crippen molar-refractivity contribution in [2.24, 2.45) is 5.11 Å². The van der Waals surface area contributed by atoms with E-state index in [-0.39, 0.29) is 12.6 Å². The second-order valence-electron chi connectivity index (χ2n) is 3.60. The van der Waals surface area contributed by atoms with E-state index in [1.54, 1.807) is 0 Å². The van der Waals surface area contributed by atoms with Crippen LogP contribution in [0.25, 0.3) is 10.4 Å². The summed E-state index contributed by atoms with van der Waals surface area (Å²) >= 11 is 0. The normalized spacial score (nSPS) is 23.5. The molecule has 0 aromatic carbocycles. The maximum Gasteiger partial charge on any atom is 0.410 e. The van der Waals surface area contributed by atoms with E-state index in [9.17, 15) is 9.59 Å². The first-order chi connectivity index (χ1) is 8.13. The molecule has 0 unspecified atom stereocenters. The monoisotopic (exact) mass is 242 g/mol. The Balaban J connectivity index is 2.82. The highest BCUT2D eigenvalue weighted by Gasteiger charge is 2.36. The van der Waals surface area contributed by atoms with Gasteiger partial charge in [0.1, 0.15) is 6.04 Å². The highest BCUT2D eigenvalue weighted by Crippen LogP contribution is 2.21. The van der Waals surface area contributed by atoms with Gasteiger partial charge in [-0.15, -0.1) is 0 Å². The number of amides is 1. The Hall–Kier alpha value is -1.95. The summed E-state index contributed by atoms with van der Waals surface area (Å²) in [5.74, 6) is -0.491. The molecule has 1 heterocycles. The van der Waals surface area contributed by atoms with Gasteiger partial charge in [0, 0.05) is 11.5 Å². The highest BCUT2D eigenvalue weighted by atomic mass is 16.5. The zero-order valence-corrected chi connectivity index (χ0v) is 9.70. The molecule has 1 aliphatic rings. The number of likely N-dealkylation sites (tertiary alicyclic amines) is 1. The lowest BCUT2D eigenvalue weighted by atomic mass is 9.99. The molecule has 8 nitrogen and oxygen atoms in total. The fraction of sp³-hybridized carbons (Fsp3) is 0.778. The molecule has 0 spiro atoms. The maximum absolute atomic E-state index is 11.5. The average Bonchev–Trinajstić information content (AvgIpc) is 2.37. The number of hydrogen-bond acceptors (Lipinski definition) is 5. The summed E-state index contributed by atoms with van der Waals surface area (Å²) in [7, 11) is 2.49. The van der Waals surface area contributed by atoms with Crippen molar-refractivity contribution in [3.63, 3.8) is 0 Å². The van der Waals surface area contributed by atoms with Crippen LogP contribution in [0.5, 0.6) is 0 Å². The van der Waals surface area contributed by atoms with Crippen molar-refractivity contribution in [3.8, 4) is 0 Å². The summed E-state index contributed by atoms with van der Waals surface area (Å²) in [6.45, 7) is 0.163. The molecule has 0 aliphatic carbocycles. The Bertz CT molecular complexity index is 353. The van der Waals surface area contributed by atoms with Gasteiger partial charge in [-0.2, -0.15) is 0 Å². The van der Waals surface area contributed by atoms with Crippen molar-refractivity contribution < 1.29 is 19.1 Å². The van der Waals surface area contributed by atoms with Crippen molar-refractivity contribution >= 4 is 12.1 Å². The number of methoxy groups -OCH3 is 2. The lowest BCUT2D eigenvalue weighted by Gasteiger charge is -2.35. The number of esters is 1. The van der Waals surface area contributed by atoms with Crippen LogP contribution >= 0.6 is 0 Å². The Morgan fingerprint density at radius 2 is 2.06 bits per heavy atom. The lowest BCUT2D eigenvalue weighted by molar-refractivity contribution is -0.147. The predicted octanol–water partition coefficient (Wildman–Crippen LogP) is 1.07. The standard InChI is InChI=1S/C9H14N4O4/c1-16-8(14)7-4-3-6(11-12-10)5-13(7)9(15)17-2/h6-7H,3-5H2,1-2H3/t6-,7+/m0/s1. The summed E-state index contributed by atoms with van der Waals surface area (Å²) < 4.78 is 9.20. The van der Waals surface area contributed by atoms with E-state index >= 15 is 0 Å². The first-order valence-electron chi connectivity index (χ1n) is 5.10. The van der Waals surface area contributed by atoms with Crippen LogP contribution in [-0.2, 0) is 14.3 Å². The zero-order valence-electron chi connectivity index (χ0n) is 9.70. The molecule has 1 aliphatic heterocycles. The number of nitrogens with zero attached hydrogens (tertiary/aromatic N) is 4. The number of rotatable bonds is 2. The minimum absolute atomic E-state index is 0.163. The van der Waals surface area contributed by atoms with Crippen LogP contribution in [0.1, 0.15) is 12.8 Å². The third kappa shape index (κ3) is 3.01. The second kappa shape index (κ2) is 5.95. The molecule has 94 valence electrons. The number of piperidine rings is 1. The van der Waals surface area contributed by atoms with Gasteiger partial charge in [0.05, 0.1) is 20.3 Å². The van der Waals surface area contributed by atoms with Crippen molar-refractivity contribution in [1.29, 1.82) is 0 Å². The Labute approximate surface area is 98.1 Å². The van der Waals surface area contributed by atoms with E-state index in [2.05, 4.69) is 19.5 Å². The Morgan fingerprint density at radius 1 is 1.35 bits per heavy atom. The average molecular weight is 242 g/mol. The maximum atomic E-state index is 11.5. The molecule has 0 aromatic heterocycles. The van der Waals surface area contributed by atoms with Gasteiger partial charge in [0.15, 0.2) is 0 Å². The number of hydrogen-bond donors (Lipinski definition) is 0. The minimum Gasteiger partial charge on any atom is -0.467 e. The van der Waals surface area contributed by atoms with Gasteiger partial charge in [-0.1, -0.05) is 5.11 Å². The van der Waals surface area contributed by atoms with Crippen LogP contribution in [0.2, 0.25) is 0 Å². The van der Waals surface area contributed by atoms with Gasteiger partial charge >= 0.3 is 12.1 Å². The topological polar surface area (TPSA) is 105 Å². The van der Waals surface area contributed by atoms with Gasteiger partial charge in [-0.25, -0.2) is 9.59 Å². The summed E-state index contributed by atoms with van der Waals surface area (Å²) in [6.07, 6.45) is 0.307. The van der Waals surface area contributed by atoms with Crippen LogP contribution in [0.3, 0.4) is 0 Å². The molecule has 1 saturated heterocycles. The molecular formula is C9H14N4O4. The fourth-order valence-electron chi connectivity index (χ4n) is 1.82. The molecule has 8 heteroatoms. The smallest absolute Gasteiger partial charge is 0.410 e. The number of ether oxygens (including phenoxy) is 2. The van der Waals surface area contributed by atoms with E-state index in [4.69, 9.17) is 5.53 Å². The van der Waals surface area contributed by atoms with Crippen LogP contribution in [0, 0.1) is 0 Å². The van der Waals surface area contributed by atoms with Gasteiger partial charge in [0.25, 0.3) is 0 Å². The SMILES string of the molecule is COC(=O)[C@H]1CC[C@H](N=[N+]=[N-])CN1C(=O)OC. The van der Waals surface area contributed by atoms with Gasteiger partial charge < -0.3 is 9.47 Å². The summed E-state index contributed by atoms with van der Waals surface area (Å²) in [4.78, 5) is 26.9. The Morgan fingerprint density at radius 3 is 2.59 bits per heavy atom. The van der Waals surface area contributed by atoms with E-state index < -0.39 is 18.1 Å². The van der Waals surface area contributed by atoms with E-state index in [0.29, 0.717) is 12.8 Å². The molecule has 1 fully saturated rings. The quantitative estimate of drug-likeness (QED) is 0.312. The number of carbonyl (C=O) groups is 2. The molecule has 0 bridgehead atoms. The summed E-state index contributed by atoms with van der Waals surface area (Å²) in [6, 6.07) is -1.00. The van der Waals surface area contributed by atoms with Crippen LogP contribution in [0.4, 0.5) is 4.79 Å². The molecule has 0 saturated carbocycles. The van der Waals surface area contributed by atoms with Crippen molar-refractivity contribution in [1.82, 2.24) is 4.90 Å². The second-order valence-corrected chi connectivity index (χ2v) is 3.60. The fourth-order valence-corrected chi connectivity index (χ4v) is 1.82. The molecule has 1 amide bonds. The first kappa shape index (κ1) is 13.1. The highest BCUT2D eigenvalue weighted by molar-refractivity contribution is 5.81. The zero-order chi connectivity index (χ0) is 12.8. The lowest BCUT2D eigenvalue weighted by Crippen LogP contribution is -2.52. The van der Waals surface area contributed by atoms with Crippen molar-refractivity contribution in [2.45, 2.75) is 24.9 Å². The molecule has 1 rings (SSSR count). The largest absolute Gasteiger partial charge is 0.467 e. The molecule has 0 radical (unpaired) electrons. The molecule has 2 atom stereocenters. The van der Waals surface area contributed by atoms with Crippen molar-refractivity contribution in [2.75, 3.05) is 20.8 Å². The third-order valence-corrected chi connectivity index (χ3v) is 2.65. The summed E-state index contributed by atoms with van der Waals surface area (Å²) in [5.41, 5.74) is 8.35.